The molecule has 1 heterocycles. The van der Waals surface area contributed by atoms with Crippen LogP contribution in [0.3, 0.4) is 0 Å². The van der Waals surface area contributed by atoms with Gasteiger partial charge in [-0.15, -0.1) is 0 Å². The Balaban J connectivity index is 2.05. The van der Waals surface area contributed by atoms with Crippen molar-refractivity contribution in [3.05, 3.63) is 0 Å². The van der Waals surface area contributed by atoms with Crippen LogP contribution < -0.4 is 0 Å². The lowest BCUT2D eigenvalue weighted by atomic mass is 9.81. The normalized spacial score (nSPS) is 43.3. The average Bonchev–Trinajstić information content (AvgIpc) is 2.60. The molecule has 1 saturated heterocycles. The number of hydrogen-bond donors (Lipinski definition) is 0. The third-order valence-electron chi connectivity index (χ3n) is 4.09. The molecule has 2 fully saturated rings. The van der Waals surface area contributed by atoms with Crippen molar-refractivity contribution in [3.8, 4) is 0 Å². The first-order valence-corrected chi connectivity index (χ1v) is 7.16. The molecule has 1 aliphatic heterocycles. The summed E-state index contributed by atoms with van der Waals surface area (Å²) in [5, 5.41) is 1.02. The van der Waals surface area contributed by atoms with Gasteiger partial charge in [-0.3, -0.25) is 0 Å². The lowest BCUT2D eigenvalue weighted by Gasteiger charge is -2.42. The number of ether oxygens (including phenoxy) is 1. The molecule has 2 rings (SSSR count). The Morgan fingerprint density at radius 1 is 1.29 bits per heavy atom. The Morgan fingerprint density at radius 2 is 2.00 bits per heavy atom. The first-order chi connectivity index (χ1) is 6.80. The van der Waals surface area contributed by atoms with Gasteiger partial charge in [0.1, 0.15) is 0 Å². The Labute approximate surface area is 95.7 Å². The highest BCUT2D eigenvalue weighted by atomic mass is 79.9. The van der Waals surface area contributed by atoms with Crippen LogP contribution in [0.25, 0.3) is 0 Å². The highest BCUT2D eigenvalue weighted by molar-refractivity contribution is 9.09. The molecule has 2 heteroatoms. The van der Waals surface area contributed by atoms with Crippen molar-refractivity contribution in [3.63, 3.8) is 0 Å². The monoisotopic (exact) mass is 260 g/mol. The molecule has 0 N–H and O–H groups in total. The molecule has 3 atom stereocenters. The molecule has 1 saturated carbocycles. The van der Waals surface area contributed by atoms with Crippen molar-refractivity contribution in [1.82, 2.24) is 0 Å². The number of hydrogen-bond acceptors (Lipinski definition) is 1. The molecule has 14 heavy (non-hydrogen) atoms. The lowest BCUT2D eigenvalue weighted by molar-refractivity contribution is -0.140. The maximum absolute atomic E-state index is 6.34. The van der Waals surface area contributed by atoms with E-state index >= 15 is 0 Å². The number of alkyl halides is 1. The number of halogens is 1. The van der Waals surface area contributed by atoms with Crippen LogP contribution in [0.1, 0.15) is 51.9 Å². The average molecular weight is 261 g/mol. The zero-order valence-corrected chi connectivity index (χ0v) is 10.7. The summed E-state index contributed by atoms with van der Waals surface area (Å²) in [7, 11) is 0. The first kappa shape index (κ1) is 10.9. The molecule has 3 unspecified atom stereocenters. The van der Waals surface area contributed by atoms with E-state index < -0.39 is 0 Å². The zero-order valence-electron chi connectivity index (χ0n) is 9.10. The summed E-state index contributed by atoms with van der Waals surface area (Å²) < 4.78 is 6.34. The second-order valence-corrected chi connectivity index (χ2v) is 5.50. The summed E-state index contributed by atoms with van der Waals surface area (Å²) in [6.45, 7) is 2.32. The summed E-state index contributed by atoms with van der Waals surface area (Å²) in [5.74, 6) is 0.837. The van der Waals surface area contributed by atoms with E-state index in [0.717, 1.165) is 11.2 Å². The summed E-state index contributed by atoms with van der Waals surface area (Å²) in [6, 6.07) is 0. The third-order valence-corrected chi connectivity index (χ3v) is 4.81. The first-order valence-electron chi connectivity index (χ1n) is 6.04. The van der Waals surface area contributed by atoms with Crippen LogP contribution >= 0.6 is 15.9 Å². The lowest BCUT2D eigenvalue weighted by Crippen LogP contribution is -2.44. The van der Waals surface area contributed by atoms with E-state index in [2.05, 4.69) is 22.9 Å². The molecule has 0 radical (unpaired) electrons. The second kappa shape index (κ2) is 4.52. The van der Waals surface area contributed by atoms with Crippen LogP contribution in [0, 0.1) is 5.92 Å². The Bertz CT molecular complexity index is 195. The highest BCUT2D eigenvalue weighted by Gasteiger charge is 2.45. The molecular formula is C12H21BrO. The van der Waals surface area contributed by atoms with Crippen molar-refractivity contribution in [2.45, 2.75) is 63.6 Å². The summed E-state index contributed by atoms with van der Waals surface area (Å²) >= 11 is 3.56. The third kappa shape index (κ3) is 1.88. The van der Waals surface area contributed by atoms with Crippen LogP contribution in [0.15, 0.2) is 0 Å². The molecule has 2 aliphatic rings. The second-order valence-electron chi connectivity index (χ2n) is 4.85. The molecule has 0 aromatic carbocycles. The van der Waals surface area contributed by atoms with Gasteiger partial charge in [0.05, 0.1) is 11.7 Å². The topological polar surface area (TPSA) is 9.23 Å². The molecule has 1 spiro atoms. The molecule has 1 nitrogen and oxygen atoms in total. The molecule has 0 aromatic rings. The predicted molar refractivity (Wildman–Crippen MR) is 62.9 cm³/mol. The Morgan fingerprint density at radius 3 is 2.64 bits per heavy atom. The largest absolute Gasteiger partial charge is 0.371 e. The quantitative estimate of drug-likeness (QED) is 0.685. The van der Waals surface area contributed by atoms with E-state index in [1.807, 2.05) is 0 Å². The van der Waals surface area contributed by atoms with E-state index in [-0.39, 0.29) is 5.60 Å². The Hall–Kier alpha value is 0.440. The fraction of sp³-hybridized carbons (Fsp3) is 1.00. The fourth-order valence-electron chi connectivity index (χ4n) is 3.36. The van der Waals surface area contributed by atoms with E-state index in [4.69, 9.17) is 4.74 Å². The van der Waals surface area contributed by atoms with Gasteiger partial charge in [0, 0.05) is 5.33 Å². The van der Waals surface area contributed by atoms with Crippen LogP contribution in [-0.4, -0.2) is 17.0 Å². The smallest absolute Gasteiger partial charge is 0.0714 e. The molecule has 0 aromatic heterocycles. The van der Waals surface area contributed by atoms with Gasteiger partial charge in [0.2, 0.25) is 0 Å². The van der Waals surface area contributed by atoms with Crippen molar-refractivity contribution in [2.75, 3.05) is 5.33 Å². The van der Waals surface area contributed by atoms with Crippen molar-refractivity contribution in [1.29, 1.82) is 0 Å². The molecular weight excluding hydrogens is 240 g/mol. The van der Waals surface area contributed by atoms with Gasteiger partial charge in [0.15, 0.2) is 0 Å². The maximum Gasteiger partial charge on any atom is 0.0714 e. The van der Waals surface area contributed by atoms with Crippen molar-refractivity contribution < 1.29 is 4.74 Å². The van der Waals surface area contributed by atoms with Crippen LogP contribution in [-0.2, 0) is 4.74 Å². The minimum atomic E-state index is 0.283. The Kier molecular flexibility index (Phi) is 3.54. The van der Waals surface area contributed by atoms with Gasteiger partial charge in [0.25, 0.3) is 0 Å². The fourth-order valence-corrected chi connectivity index (χ4v) is 3.82. The van der Waals surface area contributed by atoms with E-state index in [9.17, 15) is 0 Å². The SMILES string of the molecule is CCC1CCCC12CCCC(CBr)O2. The highest BCUT2D eigenvalue weighted by Crippen LogP contribution is 2.47. The van der Waals surface area contributed by atoms with Crippen LogP contribution in [0.4, 0.5) is 0 Å². The zero-order chi connectivity index (χ0) is 10.0. The van der Waals surface area contributed by atoms with E-state index in [0.29, 0.717) is 6.10 Å². The standard InChI is InChI=1S/C12H21BrO/c1-2-10-5-3-7-12(10)8-4-6-11(9-13)14-12/h10-11H,2-9H2,1H3. The summed E-state index contributed by atoms with van der Waals surface area (Å²) in [4.78, 5) is 0. The minimum Gasteiger partial charge on any atom is -0.371 e. The molecule has 82 valence electrons. The molecule has 0 amide bonds. The summed E-state index contributed by atoms with van der Waals surface area (Å²) in [5.41, 5.74) is 0.283. The van der Waals surface area contributed by atoms with Crippen molar-refractivity contribution in [2.24, 2.45) is 5.92 Å². The van der Waals surface area contributed by atoms with Gasteiger partial charge in [-0.2, -0.15) is 0 Å². The van der Waals surface area contributed by atoms with E-state index in [1.54, 1.807) is 0 Å². The van der Waals surface area contributed by atoms with Gasteiger partial charge in [-0.25, -0.2) is 0 Å². The van der Waals surface area contributed by atoms with Gasteiger partial charge in [-0.05, 0) is 38.0 Å². The van der Waals surface area contributed by atoms with Crippen molar-refractivity contribution >= 4 is 15.9 Å². The molecule has 0 bridgehead atoms. The van der Waals surface area contributed by atoms with Crippen LogP contribution in [0.2, 0.25) is 0 Å². The van der Waals surface area contributed by atoms with Gasteiger partial charge < -0.3 is 4.74 Å². The van der Waals surface area contributed by atoms with Gasteiger partial charge >= 0.3 is 0 Å². The van der Waals surface area contributed by atoms with E-state index in [1.165, 1.54) is 44.9 Å². The maximum atomic E-state index is 6.34. The summed E-state index contributed by atoms with van der Waals surface area (Å²) in [6.07, 6.45) is 9.81. The minimum absolute atomic E-state index is 0.283. The number of rotatable bonds is 2. The van der Waals surface area contributed by atoms with Crippen LogP contribution in [0.5, 0.6) is 0 Å². The van der Waals surface area contributed by atoms with Gasteiger partial charge in [-0.1, -0.05) is 35.7 Å². The molecule has 1 aliphatic carbocycles. The predicted octanol–water partition coefficient (Wildman–Crippen LogP) is 3.90.